The molecule has 7 nitrogen and oxygen atoms in total. The number of carbonyl (C=O) groups excluding carboxylic acids is 1. The maximum absolute atomic E-state index is 12.5. The van der Waals surface area contributed by atoms with E-state index in [4.69, 9.17) is 0 Å². The van der Waals surface area contributed by atoms with Gasteiger partial charge in [0.15, 0.2) is 0 Å². The second-order valence-electron chi connectivity index (χ2n) is 8.17. The van der Waals surface area contributed by atoms with Crippen molar-refractivity contribution < 1.29 is 19.8 Å². The molecule has 4 rings (SSSR count). The summed E-state index contributed by atoms with van der Waals surface area (Å²) in [6.45, 7) is 2.88. The number of rotatable bonds is 3. The minimum absolute atomic E-state index is 0.00788. The Labute approximate surface area is 147 Å². The summed E-state index contributed by atoms with van der Waals surface area (Å²) >= 11 is 0. The lowest BCUT2D eigenvalue weighted by Gasteiger charge is -2.26. The molecule has 0 aromatic heterocycles. The van der Waals surface area contributed by atoms with Gasteiger partial charge in [-0.25, -0.2) is 4.79 Å². The minimum Gasteiger partial charge on any atom is -0.477 e. The van der Waals surface area contributed by atoms with E-state index in [1.165, 1.54) is 0 Å². The highest BCUT2D eigenvalue weighted by Gasteiger charge is 2.54. The van der Waals surface area contributed by atoms with Gasteiger partial charge in [-0.15, -0.1) is 0 Å². The zero-order chi connectivity index (χ0) is 17.8. The molecular weight excluding hydrogens is 322 g/mol. The molecule has 138 valence electrons. The Bertz CT molecular complexity index is 618. The van der Waals surface area contributed by atoms with Crippen molar-refractivity contribution in [2.45, 2.75) is 50.8 Å². The van der Waals surface area contributed by atoms with E-state index in [2.05, 4.69) is 4.90 Å². The molecule has 1 amide bonds. The third kappa shape index (κ3) is 2.83. The molecule has 4 aliphatic rings. The first-order chi connectivity index (χ1) is 11.9. The Morgan fingerprint density at radius 3 is 2.20 bits per heavy atom. The molecule has 4 fully saturated rings. The van der Waals surface area contributed by atoms with Gasteiger partial charge in [0.05, 0.1) is 0 Å². The highest BCUT2D eigenvalue weighted by atomic mass is 16.4. The fourth-order valence-corrected chi connectivity index (χ4v) is 4.94. The van der Waals surface area contributed by atoms with Gasteiger partial charge in [-0.3, -0.25) is 9.69 Å². The number of carboxylic acids is 1. The van der Waals surface area contributed by atoms with Gasteiger partial charge < -0.3 is 20.0 Å². The van der Waals surface area contributed by atoms with E-state index in [1.807, 2.05) is 4.90 Å². The monoisotopic (exact) mass is 349 g/mol. The van der Waals surface area contributed by atoms with Crippen LogP contribution in [0, 0.1) is 5.41 Å². The topological polar surface area (TPSA) is 84.1 Å². The second-order valence-corrected chi connectivity index (χ2v) is 8.17. The molecule has 1 aliphatic carbocycles. The van der Waals surface area contributed by atoms with Crippen LogP contribution in [0.3, 0.4) is 0 Å². The average molecular weight is 349 g/mol. The molecule has 3 aliphatic heterocycles. The lowest BCUT2D eigenvalue weighted by atomic mass is 9.86. The van der Waals surface area contributed by atoms with Gasteiger partial charge >= 0.3 is 5.97 Å². The van der Waals surface area contributed by atoms with Crippen LogP contribution in [0.25, 0.3) is 0 Å². The quantitative estimate of drug-likeness (QED) is 0.569. The summed E-state index contributed by atoms with van der Waals surface area (Å²) in [4.78, 5) is 29.9. The normalized spacial score (nSPS) is 37.2. The Morgan fingerprint density at radius 1 is 1.08 bits per heavy atom. The maximum atomic E-state index is 12.5. The Kier molecular flexibility index (Phi) is 4.03. The zero-order valence-corrected chi connectivity index (χ0v) is 14.8. The molecular formula is C18H27N3O4. The molecule has 1 saturated carbocycles. The minimum atomic E-state index is -0.803. The summed E-state index contributed by atoms with van der Waals surface area (Å²) in [6.07, 6.45) is 5.20. The van der Waals surface area contributed by atoms with E-state index in [-0.39, 0.29) is 17.4 Å². The number of hydrogen-bond acceptors (Lipinski definition) is 5. The lowest BCUT2D eigenvalue weighted by Crippen LogP contribution is -2.37. The van der Waals surface area contributed by atoms with Crippen LogP contribution in [-0.4, -0.2) is 82.3 Å². The van der Waals surface area contributed by atoms with Crippen LogP contribution in [0.2, 0.25) is 0 Å². The first-order valence-corrected chi connectivity index (χ1v) is 9.31. The molecule has 3 saturated heterocycles. The van der Waals surface area contributed by atoms with Crippen molar-refractivity contribution in [3.05, 3.63) is 11.3 Å². The zero-order valence-electron chi connectivity index (χ0n) is 14.8. The molecule has 0 aromatic rings. The van der Waals surface area contributed by atoms with E-state index in [1.54, 1.807) is 11.9 Å². The molecule has 25 heavy (non-hydrogen) atoms. The summed E-state index contributed by atoms with van der Waals surface area (Å²) in [5.74, 6) is -0.791. The molecule has 0 bridgehead atoms. The predicted octanol–water partition coefficient (Wildman–Crippen LogP) is 0.456. The maximum Gasteiger partial charge on any atom is 0.352 e. The summed E-state index contributed by atoms with van der Waals surface area (Å²) < 4.78 is 0. The molecule has 0 aromatic carbocycles. The number of allylic oxidation sites excluding steroid dienone is 1. The summed E-state index contributed by atoms with van der Waals surface area (Å²) in [5.41, 5.74) is 1.63. The lowest BCUT2D eigenvalue weighted by molar-refractivity contribution is -0.134. The van der Waals surface area contributed by atoms with Gasteiger partial charge in [0, 0.05) is 31.6 Å². The fraction of sp³-hybridized carbons (Fsp3) is 0.778. The van der Waals surface area contributed by atoms with Gasteiger partial charge in [0.2, 0.25) is 5.91 Å². The van der Waals surface area contributed by atoms with Crippen LogP contribution in [0.1, 0.15) is 38.5 Å². The number of carbonyl (C=O) groups is 2. The number of likely N-dealkylation sites (N-methyl/N-ethyl adjacent to an activating group) is 1. The van der Waals surface area contributed by atoms with Crippen molar-refractivity contribution in [1.82, 2.24) is 14.7 Å². The highest BCUT2D eigenvalue weighted by Crippen LogP contribution is 2.43. The summed E-state index contributed by atoms with van der Waals surface area (Å²) in [6, 6.07) is -0.386. The molecule has 0 radical (unpaired) electrons. The van der Waals surface area contributed by atoms with Crippen molar-refractivity contribution in [2.75, 3.05) is 33.2 Å². The molecule has 3 heterocycles. The van der Waals surface area contributed by atoms with Crippen LogP contribution in [-0.2, 0) is 9.59 Å². The average Bonchev–Trinajstić information content (AvgIpc) is 3.11. The van der Waals surface area contributed by atoms with Gasteiger partial charge in [0.25, 0.3) is 0 Å². The molecule has 4 atom stereocenters. The van der Waals surface area contributed by atoms with Crippen molar-refractivity contribution in [2.24, 2.45) is 5.41 Å². The van der Waals surface area contributed by atoms with Crippen molar-refractivity contribution in [1.29, 1.82) is 0 Å². The smallest absolute Gasteiger partial charge is 0.352 e. The van der Waals surface area contributed by atoms with E-state index in [9.17, 15) is 19.8 Å². The van der Waals surface area contributed by atoms with Crippen molar-refractivity contribution >= 4 is 11.9 Å². The molecule has 1 spiro atoms. The number of hydrogen-bond donors (Lipinski definition) is 2. The number of nitrogens with zero attached hydrogens (tertiary/aromatic N) is 3. The Balaban J connectivity index is 1.44. The Hall–Kier alpha value is -1.60. The number of likely N-dealkylation sites (tertiary alicyclic amines) is 2. The van der Waals surface area contributed by atoms with Crippen molar-refractivity contribution in [3.63, 3.8) is 0 Å². The summed E-state index contributed by atoms with van der Waals surface area (Å²) in [5, 5.41) is 19.4. The van der Waals surface area contributed by atoms with E-state index in [0.29, 0.717) is 18.8 Å². The van der Waals surface area contributed by atoms with Crippen LogP contribution in [0.5, 0.6) is 0 Å². The second kappa shape index (κ2) is 5.99. The number of aliphatic hydroxyl groups is 1. The van der Waals surface area contributed by atoms with Gasteiger partial charge in [-0.1, -0.05) is 0 Å². The van der Waals surface area contributed by atoms with Crippen LogP contribution >= 0.6 is 0 Å². The van der Waals surface area contributed by atoms with E-state index < -0.39 is 12.2 Å². The van der Waals surface area contributed by atoms with E-state index >= 15 is 0 Å². The molecule has 2 N–H and O–H groups in total. The van der Waals surface area contributed by atoms with E-state index in [0.717, 1.165) is 57.2 Å². The highest BCUT2D eigenvalue weighted by molar-refractivity contribution is 5.87. The fourth-order valence-electron chi connectivity index (χ4n) is 4.94. The first kappa shape index (κ1) is 16.8. The molecule has 1 unspecified atom stereocenters. The van der Waals surface area contributed by atoms with Gasteiger partial charge in [-0.2, -0.15) is 0 Å². The van der Waals surface area contributed by atoms with Crippen LogP contribution < -0.4 is 0 Å². The number of amides is 1. The largest absolute Gasteiger partial charge is 0.477 e. The van der Waals surface area contributed by atoms with Gasteiger partial charge in [0.1, 0.15) is 18.0 Å². The SMILES string of the molecule is CN1[C@H](O)[C@@H]1C(=O)N1CC[C@]2(CCN(C(C(=O)O)=C3CCCC3)C2)C1. The number of aliphatic hydroxyl groups excluding tert-OH is 1. The predicted molar refractivity (Wildman–Crippen MR) is 90.5 cm³/mol. The number of carboxylic acid groups (broad SMARTS) is 1. The van der Waals surface area contributed by atoms with Gasteiger partial charge in [-0.05, 0) is 51.1 Å². The number of aliphatic carboxylic acids is 1. The Morgan fingerprint density at radius 2 is 1.64 bits per heavy atom. The standard InChI is InChI=1S/C18H27N3O4/c1-19-14(15(19)22)16(23)21-9-7-18(11-21)6-8-20(10-18)13(17(24)25)12-4-2-3-5-12/h14-15,22H,2-11H2,1H3,(H,24,25)/t14-,15-,18+,19?/m1/s1. The van der Waals surface area contributed by atoms with Crippen LogP contribution in [0.4, 0.5) is 0 Å². The third-order valence-electron chi connectivity index (χ3n) is 6.55. The molecule has 7 heteroatoms. The first-order valence-electron chi connectivity index (χ1n) is 9.31. The van der Waals surface area contributed by atoms with Crippen LogP contribution in [0.15, 0.2) is 11.3 Å². The third-order valence-corrected chi connectivity index (χ3v) is 6.55. The summed E-state index contributed by atoms with van der Waals surface area (Å²) in [7, 11) is 1.75. The van der Waals surface area contributed by atoms with Crippen molar-refractivity contribution in [3.8, 4) is 0 Å².